The van der Waals surface area contributed by atoms with Crippen LogP contribution in [0.2, 0.25) is 0 Å². The van der Waals surface area contributed by atoms with E-state index in [2.05, 4.69) is 10.2 Å². The molecule has 5 heteroatoms. The number of carbonyl (C=O) groups excluding carboxylic acids is 1. The lowest BCUT2D eigenvalue weighted by molar-refractivity contribution is 0.244. The van der Waals surface area contributed by atoms with Gasteiger partial charge < -0.3 is 10.2 Å². The van der Waals surface area contributed by atoms with Crippen LogP contribution in [0, 0.1) is 5.82 Å². The minimum absolute atomic E-state index is 0.112. The molecular weight excluding hydrogens is 377 g/mol. The van der Waals surface area contributed by atoms with Gasteiger partial charge in [0, 0.05) is 25.7 Å². The number of nitrogens with zero attached hydrogens (tertiary/aromatic N) is 2. The highest BCUT2D eigenvalue weighted by Gasteiger charge is 2.26. The van der Waals surface area contributed by atoms with Crippen molar-refractivity contribution in [2.45, 2.75) is 18.9 Å². The van der Waals surface area contributed by atoms with E-state index in [1.54, 1.807) is 4.90 Å². The Kier molecular flexibility index (Phi) is 6.40. The first-order chi connectivity index (χ1) is 14.7. The van der Waals surface area contributed by atoms with Gasteiger partial charge >= 0.3 is 6.03 Å². The second kappa shape index (κ2) is 9.55. The van der Waals surface area contributed by atoms with E-state index >= 15 is 0 Å². The molecule has 0 saturated carbocycles. The highest BCUT2D eigenvalue weighted by Crippen LogP contribution is 2.25. The molecule has 30 heavy (non-hydrogen) atoms. The Morgan fingerprint density at radius 1 is 0.933 bits per heavy atom. The van der Waals surface area contributed by atoms with Crippen LogP contribution in [0.15, 0.2) is 84.9 Å². The van der Waals surface area contributed by atoms with Gasteiger partial charge in [0.25, 0.3) is 0 Å². The number of carbonyl (C=O) groups is 1. The van der Waals surface area contributed by atoms with Gasteiger partial charge in [0.05, 0.1) is 11.4 Å². The number of benzene rings is 3. The Labute approximate surface area is 176 Å². The lowest BCUT2D eigenvalue weighted by Crippen LogP contribution is -2.44. The molecule has 0 spiro atoms. The second-order valence-electron chi connectivity index (χ2n) is 7.62. The highest BCUT2D eigenvalue weighted by atomic mass is 19.1. The Hall–Kier alpha value is -3.18. The number of likely N-dealkylation sites (tertiary alicyclic amines) is 1. The van der Waals surface area contributed by atoms with Crippen molar-refractivity contribution in [1.29, 1.82) is 0 Å². The maximum absolute atomic E-state index is 13.2. The van der Waals surface area contributed by atoms with E-state index in [-0.39, 0.29) is 17.9 Å². The van der Waals surface area contributed by atoms with Crippen molar-refractivity contribution in [2.24, 2.45) is 0 Å². The van der Waals surface area contributed by atoms with Crippen molar-refractivity contribution in [2.75, 3.05) is 24.5 Å². The molecule has 0 radical (unpaired) electrons. The molecule has 0 unspecified atom stereocenters. The first kappa shape index (κ1) is 20.1. The van der Waals surface area contributed by atoms with Gasteiger partial charge in [-0.25, -0.2) is 9.18 Å². The van der Waals surface area contributed by atoms with Gasteiger partial charge in [-0.05, 0) is 54.8 Å². The minimum Gasteiger partial charge on any atom is -0.333 e. The topological polar surface area (TPSA) is 35.6 Å². The summed E-state index contributed by atoms with van der Waals surface area (Å²) < 4.78 is 13.1. The average molecular weight is 404 g/mol. The molecule has 4 rings (SSSR count). The third-order valence-corrected chi connectivity index (χ3v) is 5.46. The van der Waals surface area contributed by atoms with Crippen molar-refractivity contribution in [1.82, 2.24) is 10.2 Å². The number of halogens is 1. The molecule has 154 valence electrons. The molecule has 4 nitrogen and oxygen atoms in total. The quantitative estimate of drug-likeness (QED) is 0.629. The molecule has 0 aromatic heterocycles. The monoisotopic (exact) mass is 403 g/mol. The number of rotatable bonds is 6. The fraction of sp³-hybridized carbons (Fsp3) is 0.240. The SMILES string of the molecule is O=C(N[C@H]1CCN(CCc2ccc(F)cc2)C1)N(c1ccccc1)c1ccccc1. The molecule has 1 atom stereocenters. The lowest BCUT2D eigenvalue weighted by Gasteiger charge is -2.25. The van der Waals surface area contributed by atoms with E-state index in [0.717, 1.165) is 49.4 Å². The molecule has 0 aliphatic carbocycles. The molecule has 0 bridgehead atoms. The van der Waals surface area contributed by atoms with Gasteiger partial charge in [-0.3, -0.25) is 4.90 Å². The molecular formula is C25H26FN3O. The molecule has 1 saturated heterocycles. The van der Waals surface area contributed by atoms with Crippen molar-refractivity contribution in [3.8, 4) is 0 Å². The molecule has 1 fully saturated rings. The molecule has 3 aromatic rings. The zero-order valence-corrected chi connectivity index (χ0v) is 16.9. The number of para-hydroxylation sites is 2. The van der Waals surface area contributed by atoms with Crippen LogP contribution in [0.4, 0.5) is 20.6 Å². The van der Waals surface area contributed by atoms with Crippen LogP contribution in [0.1, 0.15) is 12.0 Å². The van der Waals surface area contributed by atoms with E-state index in [4.69, 9.17) is 0 Å². The van der Waals surface area contributed by atoms with Crippen LogP contribution in [0.5, 0.6) is 0 Å². The number of amides is 2. The van der Waals surface area contributed by atoms with E-state index in [1.807, 2.05) is 72.8 Å². The lowest BCUT2D eigenvalue weighted by atomic mass is 10.1. The van der Waals surface area contributed by atoms with Crippen molar-refractivity contribution < 1.29 is 9.18 Å². The fourth-order valence-corrected chi connectivity index (χ4v) is 3.87. The number of hydrogen-bond donors (Lipinski definition) is 1. The first-order valence-corrected chi connectivity index (χ1v) is 10.4. The van der Waals surface area contributed by atoms with Gasteiger partial charge in [0.2, 0.25) is 0 Å². The maximum atomic E-state index is 13.2. The number of nitrogens with one attached hydrogen (secondary N) is 1. The summed E-state index contributed by atoms with van der Waals surface area (Å²) in [5, 5.41) is 3.21. The normalized spacial score (nSPS) is 16.4. The second-order valence-corrected chi connectivity index (χ2v) is 7.62. The summed E-state index contributed by atoms with van der Waals surface area (Å²) in [6.07, 6.45) is 1.80. The summed E-state index contributed by atoms with van der Waals surface area (Å²) in [5.41, 5.74) is 2.81. The van der Waals surface area contributed by atoms with Crippen LogP contribution in [0.25, 0.3) is 0 Å². The molecule has 2 amide bonds. The van der Waals surface area contributed by atoms with Crippen LogP contribution in [-0.4, -0.2) is 36.6 Å². The van der Waals surface area contributed by atoms with Gasteiger partial charge in [-0.1, -0.05) is 48.5 Å². The van der Waals surface area contributed by atoms with Gasteiger partial charge in [0.15, 0.2) is 0 Å². The average Bonchev–Trinajstić information content (AvgIpc) is 3.22. The first-order valence-electron chi connectivity index (χ1n) is 10.4. The summed E-state index contributed by atoms with van der Waals surface area (Å²) in [5.74, 6) is -0.205. The Morgan fingerprint density at radius 2 is 1.53 bits per heavy atom. The smallest absolute Gasteiger partial charge is 0.326 e. The van der Waals surface area contributed by atoms with Crippen molar-refractivity contribution >= 4 is 17.4 Å². The summed E-state index contributed by atoms with van der Waals surface area (Å²) in [7, 11) is 0. The van der Waals surface area contributed by atoms with Crippen molar-refractivity contribution in [3.63, 3.8) is 0 Å². The Balaban J connectivity index is 1.37. The van der Waals surface area contributed by atoms with Crippen molar-refractivity contribution in [3.05, 3.63) is 96.3 Å². The van der Waals surface area contributed by atoms with E-state index in [0.29, 0.717) is 0 Å². The largest absolute Gasteiger partial charge is 0.333 e. The number of urea groups is 1. The summed E-state index contributed by atoms with van der Waals surface area (Å²) >= 11 is 0. The van der Waals surface area contributed by atoms with Crippen LogP contribution in [-0.2, 0) is 6.42 Å². The third-order valence-electron chi connectivity index (χ3n) is 5.46. The molecule has 1 aliphatic rings. The Bertz CT molecular complexity index is 908. The number of hydrogen-bond acceptors (Lipinski definition) is 2. The van der Waals surface area contributed by atoms with Crippen LogP contribution < -0.4 is 10.2 Å². The van der Waals surface area contributed by atoms with Crippen LogP contribution >= 0.6 is 0 Å². The molecule has 1 heterocycles. The van der Waals surface area contributed by atoms with Gasteiger partial charge in [-0.2, -0.15) is 0 Å². The number of anilines is 2. The zero-order valence-electron chi connectivity index (χ0n) is 16.9. The fourth-order valence-electron chi connectivity index (χ4n) is 3.87. The highest BCUT2D eigenvalue weighted by molar-refractivity contribution is 5.99. The molecule has 1 aliphatic heterocycles. The third kappa shape index (κ3) is 5.05. The summed E-state index contributed by atoms with van der Waals surface area (Å²) in [4.78, 5) is 17.3. The van der Waals surface area contributed by atoms with Gasteiger partial charge in [0.1, 0.15) is 5.82 Å². The van der Waals surface area contributed by atoms with E-state index < -0.39 is 0 Å². The summed E-state index contributed by atoms with van der Waals surface area (Å²) in [6, 6.07) is 26.1. The minimum atomic E-state index is -0.205. The van der Waals surface area contributed by atoms with Crippen LogP contribution in [0.3, 0.4) is 0 Å². The predicted octanol–water partition coefficient (Wildman–Crippen LogP) is 4.99. The zero-order chi connectivity index (χ0) is 20.8. The molecule has 1 N–H and O–H groups in total. The Morgan fingerprint density at radius 3 is 2.13 bits per heavy atom. The van der Waals surface area contributed by atoms with E-state index in [9.17, 15) is 9.18 Å². The van der Waals surface area contributed by atoms with E-state index in [1.165, 1.54) is 12.1 Å². The maximum Gasteiger partial charge on any atom is 0.326 e. The van der Waals surface area contributed by atoms with Gasteiger partial charge in [-0.15, -0.1) is 0 Å². The predicted molar refractivity (Wildman–Crippen MR) is 119 cm³/mol. The molecule has 3 aromatic carbocycles. The standard InChI is InChI=1S/C25H26FN3O/c26-21-13-11-20(12-14-21)15-17-28-18-16-22(19-28)27-25(30)29(23-7-3-1-4-8-23)24-9-5-2-6-10-24/h1-14,22H,15-19H2,(H,27,30)/t22-/m0/s1. The summed E-state index contributed by atoms with van der Waals surface area (Å²) in [6.45, 7) is 2.67.